The minimum Gasteiger partial charge on any atom is -0.333 e. The second-order valence-electron chi connectivity index (χ2n) is 6.88. The third-order valence-electron chi connectivity index (χ3n) is 4.74. The Morgan fingerprint density at radius 1 is 1.22 bits per heavy atom. The summed E-state index contributed by atoms with van der Waals surface area (Å²) in [5, 5.41) is 3.04. The van der Waals surface area contributed by atoms with Crippen molar-refractivity contribution in [2.45, 2.75) is 39.2 Å². The van der Waals surface area contributed by atoms with Crippen molar-refractivity contribution in [3.63, 3.8) is 0 Å². The molecule has 3 amide bonds. The normalized spacial score (nSPS) is 24.9. The zero-order chi connectivity index (χ0) is 16.4. The zero-order valence-corrected chi connectivity index (χ0v) is 13.9. The number of aryl methyl sites for hydroxylation is 1. The zero-order valence-electron chi connectivity index (χ0n) is 13.9. The molecule has 0 aliphatic carbocycles. The van der Waals surface area contributed by atoms with Crippen LogP contribution in [0.5, 0.6) is 0 Å². The van der Waals surface area contributed by atoms with Crippen LogP contribution in [0.2, 0.25) is 0 Å². The van der Waals surface area contributed by atoms with Gasteiger partial charge in [0.25, 0.3) is 0 Å². The number of nitrogens with zero attached hydrogens (tertiary/aromatic N) is 2. The monoisotopic (exact) mass is 315 g/mol. The predicted octanol–water partition coefficient (Wildman–Crippen LogP) is 2.54. The summed E-state index contributed by atoms with van der Waals surface area (Å²) in [4.78, 5) is 28.3. The van der Waals surface area contributed by atoms with Crippen LogP contribution in [0.15, 0.2) is 24.3 Å². The van der Waals surface area contributed by atoms with Crippen LogP contribution in [0.1, 0.15) is 31.7 Å². The highest BCUT2D eigenvalue weighted by molar-refractivity contribution is 5.96. The molecule has 2 saturated heterocycles. The molecule has 23 heavy (non-hydrogen) atoms. The van der Waals surface area contributed by atoms with Gasteiger partial charge in [0.1, 0.15) is 0 Å². The number of carbonyl (C=O) groups excluding carboxylic acids is 2. The Labute approximate surface area is 137 Å². The Morgan fingerprint density at radius 3 is 2.65 bits per heavy atom. The summed E-state index contributed by atoms with van der Waals surface area (Å²) >= 11 is 0. The Kier molecular flexibility index (Phi) is 4.55. The van der Waals surface area contributed by atoms with Gasteiger partial charge in [-0.25, -0.2) is 4.79 Å². The second kappa shape index (κ2) is 6.60. The van der Waals surface area contributed by atoms with E-state index in [0.717, 1.165) is 25.2 Å². The van der Waals surface area contributed by atoms with Crippen molar-refractivity contribution in [1.82, 2.24) is 10.2 Å². The number of rotatable bonds is 2. The van der Waals surface area contributed by atoms with E-state index in [0.29, 0.717) is 18.9 Å². The van der Waals surface area contributed by atoms with Crippen molar-refractivity contribution in [2.75, 3.05) is 24.5 Å². The van der Waals surface area contributed by atoms with Crippen LogP contribution in [-0.2, 0) is 4.79 Å². The van der Waals surface area contributed by atoms with Crippen molar-refractivity contribution < 1.29 is 9.59 Å². The van der Waals surface area contributed by atoms with E-state index in [2.05, 4.69) is 12.2 Å². The first-order valence-electron chi connectivity index (χ1n) is 8.45. The quantitative estimate of drug-likeness (QED) is 0.912. The summed E-state index contributed by atoms with van der Waals surface area (Å²) in [5.41, 5.74) is 2.08. The summed E-state index contributed by atoms with van der Waals surface area (Å²) in [6.07, 6.45) is 2.63. The number of carbonyl (C=O) groups is 2. The highest BCUT2D eigenvalue weighted by Crippen LogP contribution is 2.22. The molecule has 5 nitrogen and oxygen atoms in total. The molecule has 0 bridgehead atoms. The van der Waals surface area contributed by atoms with Gasteiger partial charge in [-0.15, -0.1) is 0 Å². The van der Waals surface area contributed by atoms with Gasteiger partial charge in [0.2, 0.25) is 5.91 Å². The van der Waals surface area contributed by atoms with Crippen molar-refractivity contribution in [1.29, 1.82) is 0 Å². The number of nitrogens with one attached hydrogen (secondary N) is 1. The van der Waals surface area contributed by atoms with E-state index in [-0.39, 0.29) is 18.0 Å². The van der Waals surface area contributed by atoms with Gasteiger partial charge in [0, 0.05) is 31.7 Å². The first kappa shape index (κ1) is 15.8. The van der Waals surface area contributed by atoms with E-state index in [1.165, 1.54) is 12.0 Å². The van der Waals surface area contributed by atoms with Gasteiger partial charge in [-0.1, -0.05) is 24.6 Å². The molecular formula is C18H25N3O2. The summed E-state index contributed by atoms with van der Waals surface area (Å²) in [6.45, 7) is 6.39. The fourth-order valence-corrected chi connectivity index (χ4v) is 3.42. The molecule has 2 atom stereocenters. The summed E-state index contributed by atoms with van der Waals surface area (Å²) < 4.78 is 0. The summed E-state index contributed by atoms with van der Waals surface area (Å²) in [5.74, 6) is 0.634. The van der Waals surface area contributed by atoms with Crippen molar-refractivity contribution in [3.05, 3.63) is 29.8 Å². The molecule has 0 unspecified atom stereocenters. The molecule has 2 fully saturated rings. The van der Waals surface area contributed by atoms with Crippen LogP contribution in [0, 0.1) is 12.8 Å². The number of benzene rings is 1. The molecule has 5 heteroatoms. The largest absolute Gasteiger partial charge is 0.333 e. The fraction of sp³-hybridized carbons (Fsp3) is 0.556. The lowest BCUT2D eigenvalue weighted by Crippen LogP contribution is -2.49. The molecular weight excluding hydrogens is 290 g/mol. The van der Waals surface area contributed by atoms with Gasteiger partial charge >= 0.3 is 6.03 Å². The van der Waals surface area contributed by atoms with E-state index in [9.17, 15) is 9.59 Å². The standard InChI is InChI=1S/C18H25N3O2/c1-13-5-7-16(8-6-13)21-12-15(10-17(21)22)19-18(23)20-9-3-4-14(2)11-20/h5-8,14-15H,3-4,9-12H2,1-2H3,(H,19,23)/t14-,15+/m0/s1. The second-order valence-corrected chi connectivity index (χ2v) is 6.88. The molecule has 124 valence electrons. The molecule has 1 aromatic carbocycles. The van der Waals surface area contributed by atoms with Crippen LogP contribution >= 0.6 is 0 Å². The van der Waals surface area contributed by atoms with Crippen LogP contribution < -0.4 is 10.2 Å². The lowest BCUT2D eigenvalue weighted by Gasteiger charge is -2.31. The minimum atomic E-state index is -0.103. The third-order valence-corrected chi connectivity index (χ3v) is 4.74. The molecule has 2 aliphatic rings. The first-order chi connectivity index (χ1) is 11.0. The molecule has 0 aromatic heterocycles. The number of anilines is 1. The van der Waals surface area contributed by atoms with E-state index < -0.39 is 0 Å². The van der Waals surface area contributed by atoms with E-state index in [4.69, 9.17) is 0 Å². The number of piperidine rings is 1. The number of amides is 3. The Bertz CT molecular complexity index is 584. The minimum absolute atomic E-state index is 0.0277. The number of urea groups is 1. The molecule has 0 radical (unpaired) electrons. The van der Waals surface area contributed by atoms with Crippen molar-refractivity contribution in [2.24, 2.45) is 5.92 Å². The van der Waals surface area contributed by atoms with Gasteiger partial charge in [-0.05, 0) is 37.8 Å². The SMILES string of the molecule is Cc1ccc(N2C[C@H](NC(=O)N3CCC[C@H](C)C3)CC2=O)cc1. The number of hydrogen-bond donors (Lipinski definition) is 1. The maximum absolute atomic E-state index is 12.4. The van der Waals surface area contributed by atoms with Gasteiger partial charge < -0.3 is 15.1 Å². The van der Waals surface area contributed by atoms with Crippen LogP contribution in [0.4, 0.5) is 10.5 Å². The molecule has 1 N–H and O–H groups in total. The van der Waals surface area contributed by atoms with Crippen LogP contribution in [-0.4, -0.2) is 42.5 Å². The summed E-state index contributed by atoms with van der Waals surface area (Å²) in [7, 11) is 0. The van der Waals surface area contributed by atoms with E-state index in [1.54, 1.807) is 4.90 Å². The average Bonchev–Trinajstić information content (AvgIpc) is 2.88. The number of hydrogen-bond acceptors (Lipinski definition) is 2. The van der Waals surface area contributed by atoms with Crippen LogP contribution in [0.3, 0.4) is 0 Å². The topological polar surface area (TPSA) is 52.7 Å². The Hall–Kier alpha value is -2.04. The first-order valence-corrected chi connectivity index (χ1v) is 8.45. The molecule has 0 spiro atoms. The maximum Gasteiger partial charge on any atom is 0.317 e. The van der Waals surface area contributed by atoms with Crippen molar-refractivity contribution in [3.8, 4) is 0 Å². The van der Waals surface area contributed by atoms with Crippen molar-refractivity contribution >= 4 is 17.6 Å². The predicted molar refractivity (Wildman–Crippen MR) is 90.4 cm³/mol. The lowest BCUT2D eigenvalue weighted by molar-refractivity contribution is -0.117. The Balaban J connectivity index is 1.59. The number of likely N-dealkylation sites (tertiary alicyclic amines) is 1. The van der Waals surface area contributed by atoms with Crippen LogP contribution in [0.25, 0.3) is 0 Å². The van der Waals surface area contributed by atoms with E-state index in [1.807, 2.05) is 36.1 Å². The van der Waals surface area contributed by atoms with Gasteiger partial charge in [-0.2, -0.15) is 0 Å². The Morgan fingerprint density at radius 2 is 1.96 bits per heavy atom. The molecule has 1 aromatic rings. The summed E-state index contributed by atoms with van der Waals surface area (Å²) in [6, 6.07) is 7.80. The molecule has 2 aliphatic heterocycles. The maximum atomic E-state index is 12.4. The lowest BCUT2D eigenvalue weighted by atomic mass is 10.0. The average molecular weight is 315 g/mol. The fourth-order valence-electron chi connectivity index (χ4n) is 3.42. The molecule has 2 heterocycles. The smallest absolute Gasteiger partial charge is 0.317 e. The highest BCUT2D eigenvalue weighted by atomic mass is 16.2. The van der Waals surface area contributed by atoms with Gasteiger partial charge in [0.05, 0.1) is 6.04 Å². The van der Waals surface area contributed by atoms with E-state index >= 15 is 0 Å². The third kappa shape index (κ3) is 3.66. The van der Waals surface area contributed by atoms with Gasteiger partial charge in [-0.3, -0.25) is 4.79 Å². The molecule has 0 saturated carbocycles. The molecule has 3 rings (SSSR count). The van der Waals surface area contributed by atoms with Gasteiger partial charge in [0.15, 0.2) is 0 Å². The highest BCUT2D eigenvalue weighted by Gasteiger charge is 2.33.